The van der Waals surface area contributed by atoms with Gasteiger partial charge in [0.05, 0.1) is 0 Å². The predicted octanol–water partition coefficient (Wildman–Crippen LogP) is 2.78. The molecular weight excluding hydrogens is 236 g/mol. The summed E-state index contributed by atoms with van der Waals surface area (Å²) < 4.78 is 27.2. The van der Waals surface area contributed by atoms with Crippen molar-refractivity contribution in [2.45, 2.75) is 38.3 Å². The minimum Gasteiger partial charge on any atom is -0.396 e. The normalized spacial score (nSPS) is 25.3. The van der Waals surface area contributed by atoms with E-state index in [1.807, 2.05) is 0 Å². The summed E-state index contributed by atoms with van der Waals surface area (Å²) in [5.41, 5.74) is 0.0843. The van der Waals surface area contributed by atoms with Crippen LogP contribution in [0.15, 0.2) is 18.2 Å². The summed E-state index contributed by atoms with van der Waals surface area (Å²) in [5.74, 6) is -0.843. The highest BCUT2D eigenvalue weighted by molar-refractivity contribution is 5.23. The van der Waals surface area contributed by atoms with E-state index in [1.165, 1.54) is 18.2 Å². The van der Waals surface area contributed by atoms with E-state index < -0.39 is 11.6 Å². The van der Waals surface area contributed by atoms with Gasteiger partial charge in [-0.1, -0.05) is 12.5 Å². The second-order valence-electron chi connectivity index (χ2n) is 5.00. The molecule has 2 rings (SSSR count). The molecule has 0 spiro atoms. The van der Waals surface area contributed by atoms with Crippen LogP contribution in [-0.4, -0.2) is 17.8 Å². The number of hydrogen-bond acceptors (Lipinski definition) is 2. The summed E-state index contributed by atoms with van der Waals surface area (Å²) in [6, 6.07) is 3.67. The molecule has 0 radical (unpaired) electrons. The lowest BCUT2D eigenvalue weighted by Gasteiger charge is -2.24. The van der Waals surface area contributed by atoms with E-state index in [1.54, 1.807) is 6.92 Å². The Labute approximate surface area is 106 Å². The molecule has 3 atom stereocenters. The van der Waals surface area contributed by atoms with Gasteiger partial charge in [0.15, 0.2) is 0 Å². The molecule has 0 bridgehead atoms. The van der Waals surface area contributed by atoms with Crippen LogP contribution in [0.4, 0.5) is 8.78 Å². The zero-order chi connectivity index (χ0) is 13.1. The van der Waals surface area contributed by atoms with Crippen molar-refractivity contribution >= 4 is 0 Å². The number of hydrogen-bond donors (Lipinski definition) is 2. The fourth-order valence-corrected chi connectivity index (χ4v) is 2.80. The second kappa shape index (κ2) is 5.76. The molecule has 2 N–H and O–H groups in total. The Bertz CT molecular complexity index is 391. The van der Waals surface area contributed by atoms with Crippen LogP contribution in [0.2, 0.25) is 0 Å². The van der Waals surface area contributed by atoms with Gasteiger partial charge in [0, 0.05) is 24.3 Å². The van der Waals surface area contributed by atoms with Gasteiger partial charge in [-0.15, -0.1) is 0 Å². The van der Waals surface area contributed by atoms with Crippen LogP contribution in [0.25, 0.3) is 0 Å². The first-order valence-electron chi connectivity index (χ1n) is 6.44. The lowest BCUT2D eigenvalue weighted by Crippen LogP contribution is -2.36. The number of aliphatic hydroxyl groups is 1. The Hall–Kier alpha value is -1.00. The van der Waals surface area contributed by atoms with Gasteiger partial charge in [-0.3, -0.25) is 0 Å². The first-order chi connectivity index (χ1) is 8.63. The minimum absolute atomic E-state index is 0.0843. The van der Waals surface area contributed by atoms with Crippen LogP contribution >= 0.6 is 0 Å². The zero-order valence-corrected chi connectivity index (χ0v) is 10.5. The zero-order valence-electron chi connectivity index (χ0n) is 10.5. The third-order valence-electron chi connectivity index (χ3n) is 3.79. The fourth-order valence-electron chi connectivity index (χ4n) is 2.80. The largest absolute Gasteiger partial charge is 0.396 e. The molecule has 0 aliphatic heterocycles. The molecule has 1 aliphatic carbocycles. The highest BCUT2D eigenvalue weighted by Crippen LogP contribution is 2.28. The molecule has 1 fully saturated rings. The standard InChI is InChI=1S/C14H19F2NO/c1-9(14-11(15)5-3-6-12(14)16)17-13-7-2-4-10(13)8-18/h3,5-6,9-10,13,17-18H,2,4,7-8H2,1H3. The molecule has 4 heteroatoms. The summed E-state index contributed by atoms with van der Waals surface area (Å²) in [5, 5.41) is 12.5. The van der Waals surface area contributed by atoms with E-state index in [-0.39, 0.29) is 30.2 Å². The molecule has 0 heterocycles. The van der Waals surface area contributed by atoms with Gasteiger partial charge in [0.1, 0.15) is 11.6 Å². The third kappa shape index (κ3) is 2.70. The van der Waals surface area contributed by atoms with Crippen molar-refractivity contribution < 1.29 is 13.9 Å². The third-order valence-corrected chi connectivity index (χ3v) is 3.79. The van der Waals surface area contributed by atoms with Crippen molar-refractivity contribution in [3.63, 3.8) is 0 Å². The van der Waals surface area contributed by atoms with Crippen molar-refractivity contribution in [3.8, 4) is 0 Å². The van der Waals surface area contributed by atoms with Crippen molar-refractivity contribution in [2.24, 2.45) is 5.92 Å². The number of aliphatic hydroxyl groups excluding tert-OH is 1. The maximum Gasteiger partial charge on any atom is 0.130 e. The number of rotatable bonds is 4. The summed E-state index contributed by atoms with van der Waals surface area (Å²) in [7, 11) is 0. The molecular formula is C14H19F2NO. The molecule has 0 amide bonds. The maximum absolute atomic E-state index is 13.6. The average molecular weight is 255 g/mol. The van der Waals surface area contributed by atoms with Crippen molar-refractivity contribution in [1.82, 2.24) is 5.32 Å². The Morgan fingerprint density at radius 3 is 2.61 bits per heavy atom. The van der Waals surface area contributed by atoms with Gasteiger partial charge in [-0.05, 0) is 37.8 Å². The molecule has 1 aromatic rings. The van der Waals surface area contributed by atoms with Gasteiger partial charge in [0.25, 0.3) is 0 Å². The molecule has 3 unspecified atom stereocenters. The van der Waals surface area contributed by atoms with Gasteiger partial charge in [0.2, 0.25) is 0 Å². The van der Waals surface area contributed by atoms with Gasteiger partial charge >= 0.3 is 0 Å². The van der Waals surface area contributed by atoms with Crippen molar-refractivity contribution in [2.75, 3.05) is 6.61 Å². The lowest BCUT2D eigenvalue weighted by atomic mass is 10.0. The smallest absolute Gasteiger partial charge is 0.130 e. The van der Waals surface area contributed by atoms with Crippen LogP contribution < -0.4 is 5.32 Å². The van der Waals surface area contributed by atoms with E-state index in [0.717, 1.165) is 19.3 Å². The molecule has 1 saturated carbocycles. The van der Waals surface area contributed by atoms with E-state index in [2.05, 4.69) is 5.32 Å². The van der Waals surface area contributed by atoms with Crippen LogP contribution in [0.5, 0.6) is 0 Å². The van der Waals surface area contributed by atoms with Crippen molar-refractivity contribution in [1.29, 1.82) is 0 Å². The van der Waals surface area contributed by atoms with E-state index in [9.17, 15) is 13.9 Å². The monoisotopic (exact) mass is 255 g/mol. The van der Waals surface area contributed by atoms with Crippen LogP contribution in [0.3, 0.4) is 0 Å². The Morgan fingerprint density at radius 2 is 2.00 bits per heavy atom. The van der Waals surface area contributed by atoms with Crippen LogP contribution in [-0.2, 0) is 0 Å². The van der Waals surface area contributed by atoms with Crippen molar-refractivity contribution in [3.05, 3.63) is 35.4 Å². The number of nitrogens with one attached hydrogen (secondary N) is 1. The minimum atomic E-state index is -0.520. The molecule has 0 saturated heterocycles. The average Bonchev–Trinajstić information content (AvgIpc) is 2.76. The Morgan fingerprint density at radius 1 is 1.33 bits per heavy atom. The molecule has 0 aromatic heterocycles. The fraction of sp³-hybridized carbons (Fsp3) is 0.571. The highest BCUT2D eigenvalue weighted by atomic mass is 19.1. The van der Waals surface area contributed by atoms with Crippen LogP contribution in [0.1, 0.15) is 37.8 Å². The van der Waals surface area contributed by atoms with E-state index >= 15 is 0 Å². The van der Waals surface area contributed by atoms with Crippen LogP contribution in [0, 0.1) is 17.6 Å². The van der Waals surface area contributed by atoms with Gasteiger partial charge in [-0.2, -0.15) is 0 Å². The topological polar surface area (TPSA) is 32.3 Å². The molecule has 1 aliphatic rings. The van der Waals surface area contributed by atoms with Gasteiger partial charge < -0.3 is 10.4 Å². The number of halogens is 2. The predicted molar refractivity (Wildman–Crippen MR) is 66.1 cm³/mol. The quantitative estimate of drug-likeness (QED) is 0.867. The maximum atomic E-state index is 13.6. The van der Waals surface area contributed by atoms with Gasteiger partial charge in [-0.25, -0.2) is 8.78 Å². The Balaban J connectivity index is 2.10. The first kappa shape index (κ1) is 13.4. The highest BCUT2D eigenvalue weighted by Gasteiger charge is 2.28. The molecule has 2 nitrogen and oxygen atoms in total. The second-order valence-corrected chi connectivity index (χ2v) is 5.00. The summed E-state index contributed by atoms with van der Waals surface area (Å²) in [6.45, 7) is 1.89. The summed E-state index contributed by atoms with van der Waals surface area (Å²) in [4.78, 5) is 0. The summed E-state index contributed by atoms with van der Waals surface area (Å²) in [6.07, 6.45) is 2.97. The SMILES string of the molecule is CC(NC1CCCC1CO)c1c(F)cccc1F. The first-order valence-corrected chi connectivity index (χ1v) is 6.44. The molecule has 100 valence electrons. The lowest BCUT2D eigenvalue weighted by molar-refractivity contribution is 0.200. The van der Waals surface area contributed by atoms with E-state index in [0.29, 0.717) is 0 Å². The summed E-state index contributed by atoms with van der Waals surface area (Å²) >= 11 is 0. The molecule has 1 aromatic carbocycles. The molecule has 18 heavy (non-hydrogen) atoms. The number of benzene rings is 1. The Kier molecular flexibility index (Phi) is 4.30. The van der Waals surface area contributed by atoms with E-state index in [4.69, 9.17) is 0 Å².